The lowest BCUT2D eigenvalue weighted by Crippen LogP contribution is -2.58. The van der Waals surface area contributed by atoms with Crippen LogP contribution in [0.25, 0.3) is 11.0 Å². The number of rotatable bonds is 6. The Bertz CT molecular complexity index is 1340. The molecule has 10 heteroatoms. The number of nitriles is 1. The van der Waals surface area contributed by atoms with Gasteiger partial charge >= 0.3 is 0 Å². The molecule has 0 saturated carbocycles. The third kappa shape index (κ3) is 4.00. The van der Waals surface area contributed by atoms with Crippen molar-refractivity contribution >= 4 is 16.7 Å². The molecule has 5 rings (SSSR count). The van der Waals surface area contributed by atoms with E-state index in [0.29, 0.717) is 11.6 Å². The van der Waals surface area contributed by atoms with E-state index in [-0.39, 0.29) is 37.0 Å². The maximum absolute atomic E-state index is 12.9. The minimum absolute atomic E-state index is 0.0766. The monoisotopic (exact) mass is 477 g/mol. The fourth-order valence-electron chi connectivity index (χ4n) is 5.27. The van der Waals surface area contributed by atoms with Crippen LogP contribution in [0.2, 0.25) is 0 Å². The smallest absolute Gasteiger partial charge is 0.260 e. The highest BCUT2D eigenvalue weighted by Crippen LogP contribution is 2.36. The highest BCUT2D eigenvalue weighted by molar-refractivity contribution is 5.88. The summed E-state index contributed by atoms with van der Waals surface area (Å²) in [4.78, 5) is 22.4. The minimum atomic E-state index is -0.0766. The number of aryl methyl sites for hydroxylation is 1. The molecule has 1 fully saturated rings. The van der Waals surface area contributed by atoms with Gasteiger partial charge in [0, 0.05) is 44.3 Å². The number of ether oxygens (including phenoxy) is 2. The van der Waals surface area contributed by atoms with Gasteiger partial charge in [0.1, 0.15) is 12.1 Å². The number of hydrogen-bond acceptors (Lipinski definition) is 8. The lowest BCUT2D eigenvalue weighted by atomic mass is 9.98. The van der Waals surface area contributed by atoms with Gasteiger partial charge < -0.3 is 18.9 Å². The van der Waals surface area contributed by atoms with E-state index in [4.69, 9.17) is 19.7 Å². The maximum Gasteiger partial charge on any atom is 0.260 e. The molecule has 0 spiro atoms. The molecule has 1 saturated heterocycles. The molecule has 0 radical (unpaired) electrons. The number of aromatic nitrogens is 4. The van der Waals surface area contributed by atoms with Crippen LogP contribution in [-0.2, 0) is 13.6 Å². The number of nitrogens with zero attached hydrogens (tertiary/aromatic N) is 7. The molecule has 0 unspecified atom stereocenters. The molecule has 2 aliphatic heterocycles. The van der Waals surface area contributed by atoms with Gasteiger partial charge in [0.15, 0.2) is 5.75 Å². The average Bonchev–Trinajstić information content (AvgIpc) is 3.52. The summed E-state index contributed by atoms with van der Waals surface area (Å²) in [5.74, 6) is 1.25. The van der Waals surface area contributed by atoms with E-state index in [2.05, 4.69) is 41.7 Å². The van der Waals surface area contributed by atoms with Crippen LogP contribution in [0.3, 0.4) is 0 Å². The molecule has 0 N–H and O–H groups in total. The molecule has 0 aliphatic carbocycles. The molecule has 10 nitrogen and oxygen atoms in total. The zero-order valence-corrected chi connectivity index (χ0v) is 20.6. The van der Waals surface area contributed by atoms with E-state index in [1.165, 1.54) is 0 Å². The van der Waals surface area contributed by atoms with Gasteiger partial charge in [-0.15, -0.1) is 0 Å². The van der Waals surface area contributed by atoms with Crippen LogP contribution in [-0.4, -0.2) is 56.2 Å². The van der Waals surface area contributed by atoms with Crippen molar-refractivity contribution < 1.29 is 9.47 Å². The summed E-state index contributed by atoms with van der Waals surface area (Å²) in [7, 11) is 1.75. The van der Waals surface area contributed by atoms with Crippen molar-refractivity contribution in [3.05, 3.63) is 40.4 Å². The lowest BCUT2D eigenvalue weighted by molar-refractivity contribution is 0.0987. The van der Waals surface area contributed by atoms with E-state index < -0.39 is 0 Å². The fourth-order valence-corrected chi connectivity index (χ4v) is 5.27. The molecule has 0 amide bonds. The van der Waals surface area contributed by atoms with Crippen LogP contribution in [0.5, 0.6) is 11.6 Å². The van der Waals surface area contributed by atoms with Crippen molar-refractivity contribution in [1.29, 1.82) is 5.26 Å². The first-order valence-electron chi connectivity index (χ1n) is 12.2. The van der Waals surface area contributed by atoms with Gasteiger partial charge in [-0.2, -0.15) is 10.4 Å². The van der Waals surface area contributed by atoms with Gasteiger partial charge in [0.05, 0.1) is 29.2 Å². The summed E-state index contributed by atoms with van der Waals surface area (Å²) < 4.78 is 14.1. The summed E-state index contributed by atoms with van der Waals surface area (Å²) in [6, 6.07) is 8.35. The molecule has 5 heterocycles. The molecular weight excluding hydrogens is 446 g/mol. The lowest BCUT2D eigenvalue weighted by Gasteiger charge is -2.49. The van der Waals surface area contributed by atoms with Crippen LogP contribution in [0.1, 0.15) is 45.3 Å². The predicted octanol–water partition coefficient (Wildman–Crippen LogP) is 2.82. The van der Waals surface area contributed by atoms with Crippen LogP contribution < -0.4 is 19.9 Å². The Kier molecular flexibility index (Phi) is 6.11. The highest BCUT2D eigenvalue weighted by Gasteiger charge is 2.37. The second-order valence-electron chi connectivity index (χ2n) is 9.24. The molecule has 2 aliphatic rings. The summed E-state index contributed by atoms with van der Waals surface area (Å²) in [5, 5.41) is 13.8. The molecule has 184 valence electrons. The SMILES string of the molecule is CC[C@H]1CN([C@H](C)c2ccc3c(n2)OCO3)[C@H](CC)CN1c1cc(=O)n(C)c2cn(CC#N)nc12. The van der Waals surface area contributed by atoms with E-state index in [1.54, 1.807) is 28.6 Å². The van der Waals surface area contributed by atoms with Crippen molar-refractivity contribution in [1.82, 2.24) is 24.2 Å². The Labute approximate surface area is 204 Å². The molecule has 35 heavy (non-hydrogen) atoms. The highest BCUT2D eigenvalue weighted by atomic mass is 16.7. The summed E-state index contributed by atoms with van der Waals surface area (Å²) in [6.07, 6.45) is 3.66. The second-order valence-corrected chi connectivity index (χ2v) is 9.24. The molecule has 0 aromatic carbocycles. The zero-order chi connectivity index (χ0) is 24.7. The maximum atomic E-state index is 12.9. The standard InChI is InChI=1S/C25H31N7O3/c1-5-17-13-32(20-11-23(33)29(4)21-14-30(10-9-26)28-24(20)21)18(6-2)12-31(17)16(3)19-7-8-22-25(27-19)35-15-34-22/h7-8,11,14,16-18H,5-6,10,12-13,15H2,1-4H3/t16-,17-,18+/m1/s1. The van der Waals surface area contributed by atoms with Crippen LogP contribution in [0.4, 0.5) is 5.69 Å². The summed E-state index contributed by atoms with van der Waals surface area (Å²) >= 11 is 0. The summed E-state index contributed by atoms with van der Waals surface area (Å²) in [6.45, 7) is 8.53. The van der Waals surface area contributed by atoms with Gasteiger partial charge in [-0.05, 0) is 31.9 Å². The first-order valence-corrected chi connectivity index (χ1v) is 12.2. The van der Waals surface area contributed by atoms with Crippen LogP contribution in [0, 0.1) is 11.3 Å². The predicted molar refractivity (Wildman–Crippen MR) is 132 cm³/mol. The van der Waals surface area contributed by atoms with E-state index in [0.717, 1.165) is 48.3 Å². The molecule has 0 bridgehead atoms. The van der Waals surface area contributed by atoms with Crippen molar-refractivity contribution in [3.63, 3.8) is 0 Å². The van der Waals surface area contributed by atoms with Crippen molar-refractivity contribution in [2.45, 2.75) is 58.3 Å². The van der Waals surface area contributed by atoms with Crippen molar-refractivity contribution in [3.8, 4) is 17.7 Å². The number of hydrogen-bond donors (Lipinski definition) is 0. The zero-order valence-electron chi connectivity index (χ0n) is 20.6. The Morgan fingerprint density at radius 1 is 1.20 bits per heavy atom. The van der Waals surface area contributed by atoms with Gasteiger partial charge in [0.25, 0.3) is 11.4 Å². The molecule has 3 atom stereocenters. The Hall–Kier alpha value is -3.58. The Balaban J connectivity index is 1.49. The number of pyridine rings is 2. The Morgan fingerprint density at radius 3 is 2.74 bits per heavy atom. The van der Waals surface area contributed by atoms with Crippen LogP contribution in [0.15, 0.2) is 29.2 Å². The van der Waals surface area contributed by atoms with E-state index >= 15 is 0 Å². The first-order chi connectivity index (χ1) is 16.9. The summed E-state index contributed by atoms with van der Waals surface area (Å²) in [5.41, 5.74) is 3.23. The minimum Gasteiger partial charge on any atom is -0.452 e. The van der Waals surface area contributed by atoms with E-state index in [1.807, 2.05) is 12.1 Å². The molecular formula is C25H31N7O3. The fraction of sp³-hybridized carbons (Fsp3) is 0.520. The normalized spacial score (nSPS) is 20.8. The molecule has 3 aromatic heterocycles. The Morgan fingerprint density at radius 2 is 2.00 bits per heavy atom. The van der Waals surface area contributed by atoms with Gasteiger partial charge in [-0.3, -0.25) is 14.4 Å². The van der Waals surface area contributed by atoms with Crippen molar-refractivity contribution in [2.75, 3.05) is 24.8 Å². The average molecular weight is 478 g/mol. The second kappa shape index (κ2) is 9.23. The van der Waals surface area contributed by atoms with Crippen LogP contribution >= 0.6 is 0 Å². The number of piperazine rings is 1. The number of anilines is 1. The van der Waals surface area contributed by atoms with Gasteiger partial charge in [-0.1, -0.05) is 13.8 Å². The van der Waals surface area contributed by atoms with Crippen molar-refractivity contribution in [2.24, 2.45) is 7.05 Å². The molecule has 3 aromatic rings. The first kappa shape index (κ1) is 23.2. The topological polar surface area (TPSA) is 101 Å². The largest absolute Gasteiger partial charge is 0.452 e. The van der Waals surface area contributed by atoms with E-state index in [9.17, 15) is 4.79 Å². The van der Waals surface area contributed by atoms with Gasteiger partial charge in [-0.25, -0.2) is 4.98 Å². The van der Waals surface area contributed by atoms with Gasteiger partial charge in [0.2, 0.25) is 6.79 Å². The number of fused-ring (bicyclic) bond motifs is 2. The quantitative estimate of drug-likeness (QED) is 0.534. The third-order valence-corrected chi connectivity index (χ3v) is 7.34. The third-order valence-electron chi connectivity index (χ3n) is 7.34.